The molecule has 2 heterocycles. The average molecular weight is 341 g/mol. The second kappa shape index (κ2) is 7.88. The lowest BCUT2D eigenvalue weighted by atomic mass is 9.97. The van der Waals surface area contributed by atoms with E-state index in [9.17, 15) is 9.59 Å². The molecule has 2 aromatic rings. The Morgan fingerprint density at radius 3 is 2.72 bits per heavy atom. The van der Waals surface area contributed by atoms with Gasteiger partial charge in [0.25, 0.3) is 0 Å². The molecule has 1 aromatic heterocycles. The predicted octanol–water partition coefficient (Wildman–Crippen LogP) is 3.40. The molecule has 0 saturated carbocycles. The maximum absolute atomic E-state index is 12.5. The Balaban J connectivity index is 1.55. The van der Waals surface area contributed by atoms with Crippen molar-refractivity contribution in [1.82, 2.24) is 10.2 Å². The fourth-order valence-corrected chi connectivity index (χ4v) is 3.04. The first-order valence-corrected chi connectivity index (χ1v) is 8.58. The Hall–Kier alpha value is -2.76. The van der Waals surface area contributed by atoms with Gasteiger partial charge in [0, 0.05) is 18.8 Å². The average Bonchev–Trinajstić information content (AvgIpc) is 3.17. The maximum atomic E-state index is 12.5. The van der Waals surface area contributed by atoms with Gasteiger partial charge in [0.05, 0.1) is 18.2 Å². The fraction of sp³-hybridized carbons (Fsp3) is 0.368. The van der Waals surface area contributed by atoms with Crippen LogP contribution in [0.4, 0.5) is 10.5 Å². The highest BCUT2D eigenvalue weighted by Crippen LogP contribution is 2.20. The number of rotatable bonds is 4. The number of likely N-dealkylation sites (tertiary alicyclic amines) is 1. The minimum atomic E-state index is -0.201. The largest absolute Gasteiger partial charge is 0.467 e. The molecule has 1 saturated heterocycles. The summed E-state index contributed by atoms with van der Waals surface area (Å²) in [6.07, 6.45) is 3.19. The molecule has 0 bridgehead atoms. The lowest BCUT2D eigenvalue weighted by Crippen LogP contribution is -2.47. The van der Waals surface area contributed by atoms with E-state index in [4.69, 9.17) is 4.42 Å². The zero-order chi connectivity index (χ0) is 17.6. The number of carbonyl (C=O) groups excluding carboxylic acids is 2. The lowest BCUT2D eigenvalue weighted by Gasteiger charge is -2.32. The van der Waals surface area contributed by atoms with Crippen LogP contribution in [0.3, 0.4) is 0 Å². The Morgan fingerprint density at radius 1 is 1.20 bits per heavy atom. The van der Waals surface area contributed by atoms with E-state index < -0.39 is 0 Å². The molecule has 1 aromatic carbocycles. The van der Waals surface area contributed by atoms with Gasteiger partial charge in [-0.3, -0.25) is 4.79 Å². The van der Waals surface area contributed by atoms with Crippen molar-refractivity contribution >= 4 is 17.6 Å². The van der Waals surface area contributed by atoms with Crippen molar-refractivity contribution in [2.75, 3.05) is 18.4 Å². The SMILES string of the molecule is C[C@H](NC(=O)[C@@H]1CCCN(C(=O)Nc2ccccc2)C1)c1ccco1. The zero-order valence-electron chi connectivity index (χ0n) is 14.3. The predicted molar refractivity (Wildman–Crippen MR) is 95.0 cm³/mol. The number of para-hydroxylation sites is 1. The van der Waals surface area contributed by atoms with Gasteiger partial charge in [0.1, 0.15) is 5.76 Å². The zero-order valence-corrected chi connectivity index (χ0v) is 14.3. The van der Waals surface area contributed by atoms with Gasteiger partial charge in [-0.25, -0.2) is 4.79 Å². The Labute approximate surface area is 147 Å². The molecule has 3 amide bonds. The number of amides is 3. The number of nitrogens with one attached hydrogen (secondary N) is 2. The summed E-state index contributed by atoms with van der Waals surface area (Å²) >= 11 is 0. The van der Waals surface area contributed by atoms with Crippen LogP contribution in [0.2, 0.25) is 0 Å². The summed E-state index contributed by atoms with van der Waals surface area (Å²) in [6, 6.07) is 12.6. The number of carbonyl (C=O) groups is 2. The van der Waals surface area contributed by atoms with Crippen molar-refractivity contribution in [2.24, 2.45) is 5.92 Å². The smallest absolute Gasteiger partial charge is 0.321 e. The second-order valence-electron chi connectivity index (χ2n) is 6.33. The molecule has 6 heteroatoms. The molecular formula is C19H23N3O3. The van der Waals surface area contributed by atoms with E-state index in [0.717, 1.165) is 24.3 Å². The van der Waals surface area contributed by atoms with Gasteiger partial charge in [-0.15, -0.1) is 0 Å². The maximum Gasteiger partial charge on any atom is 0.321 e. The van der Waals surface area contributed by atoms with Gasteiger partial charge in [-0.05, 0) is 44.0 Å². The van der Waals surface area contributed by atoms with Crippen LogP contribution in [0.15, 0.2) is 53.1 Å². The first-order valence-electron chi connectivity index (χ1n) is 8.58. The number of anilines is 1. The molecule has 6 nitrogen and oxygen atoms in total. The van der Waals surface area contributed by atoms with Gasteiger partial charge in [-0.2, -0.15) is 0 Å². The molecule has 1 aliphatic heterocycles. The van der Waals surface area contributed by atoms with E-state index in [-0.39, 0.29) is 23.9 Å². The highest BCUT2D eigenvalue weighted by atomic mass is 16.3. The molecule has 2 N–H and O–H groups in total. The molecule has 132 valence electrons. The molecule has 2 atom stereocenters. The van der Waals surface area contributed by atoms with E-state index >= 15 is 0 Å². The number of urea groups is 1. The molecule has 0 spiro atoms. The second-order valence-corrected chi connectivity index (χ2v) is 6.33. The van der Waals surface area contributed by atoms with E-state index in [1.807, 2.05) is 43.3 Å². The van der Waals surface area contributed by atoms with Crippen molar-refractivity contribution < 1.29 is 14.0 Å². The van der Waals surface area contributed by atoms with Crippen LogP contribution < -0.4 is 10.6 Å². The van der Waals surface area contributed by atoms with E-state index in [1.54, 1.807) is 17.2 Å². The van der Waals surface area contributed by atoms with Crippen LogP contribution in [0.25, 0.3) is 0 Å². The van der Waals surface area contributed by atoms with E-state index in [0.29, 0.717) is 13.1 Å². The summed E-state index contributed by atoms with van der Waals surface area (Å²) in [5.41, 5.74) is 0.755. The minimum absolute atomic E-state index is 0.0406. The number of hydrogen-bond acceptors (Lipinski definition) is 3. The van der Waals surface area contributed by atoms with Crippen molar-refractivity contribution in [3.8, 4) is 0 Å². The molecule has 3 rings (SSSR count). The van der Waals surface area contributed by atoms with Gasteiger partial charge in [-0.1, -0.05) is 18.2 Å². The van der Waals surface area contributed by atoms with Crippen LogP contribution in [0, 0.1) is 5.92 Å². The van der Waals surface area contributed by atoms with Crippen LogP contribution >= 0.6 is 0 Å². The van der Waals surface area contributed by atoms with E-state index in [1.165, 1.54) is 0 Å². The molecule has 25 heavy (non-hydrogen) atoms. The summed E-state index contributed by atoms with van der Waals surface area (Å²) in [5.74, 6) is 0.483. The number of furan rings is 1. The highest BCUT2D eigenvalue weighted by Gasteiger charge is 2.29. The van der Waals surface area contributed by atoms with Crippen LogP contribution in [0.5, 0.6) is 0 Å². The topological polar surface area (TPSA) is 74.6 Å². The monoisotopic (exact) mass is 341 g/mol. The van der Waals surface area contributed by atoms with Crippen LogP contribution in [-0.2, 0) is 4.79 Å². The van der Waals surface area contributed by atoms with Crippen molar-refractivity contribution in [1.29, 1.82) is 0 Å². The highest BCUT2D eigenvalue weighted by molar-refractivity contribution is 5.90. The summed E-state index contributed by atoms with van der Waals surface area (Å²) in [7, 11) is 0. The Kier molecular flexibility index (Phi) is 5.38. The molecule has 0 aliphatic carbocycles. The van der Waals surface area contributed by atoms with Crippen LogP contribution in [-0.4, -0.2) is 29.9 Å². The summed E-state index contributed by atoms with van der Waals surface area (Å²) in [4.78, 5) is 26.6. The molecular weight excluding hydrogens is 318 g/mol. The summed E-state index contributed by atoms with van der Waals surface area (Å²) in [5, 5.41) is 5.84. The molecule has 1 aliphatic rings. The lowest BCUT2D eigenvalue weighted by molar-refractivity contribution is -0.127. The fourth-order valence-electron chi connectivity index (χ4n) is 3.04. The number of nitrogens with zero attached hydrogens (tertiary/aromatic N) is 1. The van der Waals surface area contributed by atoms with Gasteiger partial charge in [0.15, 0.2) is 0 Å². The number of benzene rings is 1. The normalized spacial score (nSPS) is 18.4. The third-order valence-corrected chi connectivity index (χ3v) is 4.43. The van der Waals surface area contributed by atoms with Crippen molar-refractivity contribution in [3.63, 3.8) is 0 Å². The third-order valence-electron chi connectivity index (χ3n) is 4.43. The standard InChI is InChI=1S/C19H23N3O3/c1-14(17-10-6-12-25-17)20-18(23)15-7-5-11-22(13-15)19(24)21-16-8-3-2-4-9-16/h2-4,6,8-10,12,14-15H,5,7,11,13H2,1H3,(H,20,23)(H,21,24)/t14-,15+/m0/s1. The Morgan fingerprint density at radius 2 is 2.00 bits per heavy atom. The van der Waals surface area contributed by atoms with Crippen LogP contribution in [0.1, 0.15) is 31.6 Å². The van der Waals surface area contributed by atoms with Gasteiger partial charge < -0.3 is 20.0 Å². The molecule has 1 fully saturated rings. The molecule has 0 radical (unpaired) electrons. The molecule has 0 unspecified atom stereocenters. The Bertz CT molecular complexity index is 700. The summed E-state index contributed by atoms with van der Waals surface area (Å²) in [6.45, 7) is 2.98. The number of hydrogen-bond donors (Lipinski definition) is 2. The minimum Gasteiger partial charge on any atom is -0.467 e. The van der Waals surface area contributed by atoms with Crippen molar-refractivity contribution in [2.45, 2.75) is 25.8 Å². The quantitative estimate of drug-likeness (QED) is 0.895. The van der Waals surface area contributed by atoms with Gasteiger partial charge in [0.2, 0.25) is 5.91 Å². The third kappa shape index (κ3) is 4.41. The summed E-state index contributed by atoms with van der Waals surface area (Å²) < 4.78 is 5.32. The van der Waals surface area contributed by atoms with E-state index in [2.05, 4.69) is 10.6 Å². The first-order chi connectivity index (χ1) is 12.1. The van der Waals surface area contributed by atoms with Gasteiger partial charge >= 0.3 is 6.03 Å². The number of piperidine rings is 1. The van der Waals surface area contributed by atoms with Crippen molar-refractivity contribution in [3.05, 3.63) is 54.5 Å². The first kappa shape index (κ1) is 17.1.